The lowest BCUT2D eigenvalue weighted by Crippen LogP contribution is -2.52. The number of carbonyl (C=O) groups excluding carboxylic acids is 1. The van der Waals surface area contributed by atoms with E-state index < -0.39 is 15.8 Å². The van der Waals surface area contributed by atoms with Crippen LogP contribution >= 0.6 is 11.6 Å². The largest absolute Gasteiger partial charge is 0.352 e. The summed E-state index contributed by atoms with van der Waals surface area (Å²) in [5.74, 6) is -0.147. The molecule has 0 bridgehead atoms. The van der Waals surface area contributed by atoms with Crippen molar-refractivity contribution in [1.82, 2.24) is 14.5 Å². The van der Waals surface area contributed by atoms with Gasteiger partial charge in [-0.3, -0.25) is 9.69 Å². The summed E-state index contributed by atoms with van der Waals surface area (Å²) in [5.41, 5.74) is 0. The number of benzene rings is 1. The Morgan fingerprint density at radius 1 is 1.21 bits per heavy atom. The predicted molar refractivity (Wildman–Crippen MR) is 106 cm³/mol. The SMILES string of the molecule is C[C@H]1CCCC[C@@H]1NC(=O)CN1CCN(S(=O)(=O)c2ccc(F)c(Cl)c2)CC1. The van der Waals surface area contributed by atoms with Crippen LogP contribution in [0.3, 0.4) is 0 Å². The second-order valence-corrected chi connectivity index (χ2v) is 10.0. The number of hydrogen-bond acceptors (Lipinski definition) is 4. The molecule has 3 rings (SSSR count). The van der Waals surface area contributed by atoms with Gasteiger partial charge in [-0.1, -0.05) is 31.4 Å². The van der Waals surface area contributed by atoms with E-state index in [1.807, 2.05) is 4.90 Å². The number of nitrogens with zero attached hydrogens (tertiary/aromatic N) is 2. The topological polar surface area (TPSA) is 69.7 Å². The molecule has 6 nitrogen and oxygen atoms in total. The zero-order chi connectivity index (χ0) is 20.3. The number of rotatable bonds is 5. The third-order valence-corrected chi connectivity index (χ3v) is 7.87. The fraction of sp³-hybridized carbons (Fsp3) is 0.632. The van der Waals surface area contributed by atoms with Gasteiger partial charge >= 0.3 is 0 Å². The van der Waals surface area contributed by atoms with Crippen LogP contribution in [-0.2, 0) is 14.8 Å². The summed E-state index contributed by atoms with van der Waals surface area (Å²) in [7, 11) is -3.73. The van der Waals surface area contributed by atoms with Crippen LogP contribution < -0.4 is 5.32 Å². The highest BCUT2D eigenvalue weighted by molar-refractivity contribution is 7.89. The minimum absolute atomic E-state index is 0.000346. The lowest BCUT2D eigenvalue weighted by Gasteiger charge is -2.34. The number of amides is 1. The summed E-state index contributed by atoms with van der Waals surface area (Å²) < 4.78 is 40.1. The monoisotopic (exact) mass is 431 g/mol. The van der Waals surface area contributed by atoms with E-state index in [4.69, 9.17) is 11.6 Å². The van der Waals surface area contributed by atoms with Crippen molar-refractivity contribution >= 4 is 27.5 Å². The Morgan fingerprint density at radius 3 is 2.54 bits per heavy atom. The molecule has 2 atom stereocenters. The first kappa shape index (κ1) is 21.5. The van der Waals surface area contributed by atoms with Gasteiger partial charge in [-0.05, 0) is 37.0 Å². The highest BCUT2D eigenvalue weighted by Crippen LogP contribution is 2.24. The van der Waals surface area contributed by atoms with Gasteiger partial charge in [-0.15, -0.1) is 0 Å². The van der Waals surface area contributed by atoms with Crippen LogP contribution in [0.4, 0.5) is 4.39 Å². The van der Waals surface area contributed by atoms with Gasteiger partial charge in [0.15, 0.2) is 0 Å². The fourth-order valence-electron chi connectivity index (χ4n) is 3.90. The molecule has 0 unspecified atom stereocenters. The quantitative estimate of drug-likeness (QED) is 0.777. The first-order valence-electron chi connectivity index (χ1n) is 9.74. The molecule has 1 aliphatic carbocycles. The molecule has 156 valence electrons. The average molecular weight is 432 g/mol. The molecule has 1 aromatic rings. The van der Waals surface area contributed by atoms with Crippen LogP contribution in [-0.4, -0.2) is 62.3 Å². The van der Waals surface area contributed by atoms with Crippen LogP contribution in [0.5, 0.6) is 0 Å². The summed E-state index contributed by atoms with van der Waals surface area (Å²) >= 11 is 5.72. The molecule has 2 aliphatic rings. The third-order valence-electron chi connectivity index (χ3n) is 5.69. The van der Waals surface area contributed by atoms with E-state index in [-0.39, 0.29) is 41.5 Å². The van der Waals surface area contributed by atoms with Gasteiger partial charge in [-0.25, -0.2) is 12.8 Å². The van der Waals surface area contributed by atoms with Crippen LogP contribution in [0.1, 0.15) is 32.6 Å². The molecule has 1 aromatic carbocycles. The number of piperazine rings is 1. The highest BCUT2D eigenvalue weighted by atomic mass is 35.5. The van der Waals surface area contributed by atoms with E-state index in [1.165, 1.54) is 16.8 Å². The maximum absolute atomic E-state index is 13.3. The lowest BCUT2D eigenvalue weighted by atomic mass is 9.86. The summed E-state index contributed by atoms with van der Waals surface area (Å²) in [6.07, 6.45) is 4.55. The van der Waals surface area contributed by atoms with Crippen molar-refractivity contribution in [2.45, 2.75) is 43.5 Å². The van der Waals surface area contributed by atoms with Gasteiger partial charge in [0, 0.05) is 32.2 Å². The van der Waals surface area contributed by atoms with Crippen molar-refractivity contribution in [3.63, 3.8) is 0 Å². The van der Waals surface area contributed by atoms with Crippen LogP contribution in [0.2, 0.25) is 5.02 Å². The molecule has 1 N–H and O–H groups in total. The van der Waals surface area contributed by atoms with Gasteiger partial charge in [-0.2, -0.15) is 4.31 Å². The standard InChI is InChI=1S/C19H27ClFN3O3S/c1-14-4-2-3-5-18(14)22-19(25)13-23-8-10-24(11-9-23)28(26,27)15-6-7-17(21)16(20)12-15/h6-7,12,14,18H,2-5,8-11,13H2,1H3,(H,22,25)/t14-,18-/m0/s1. The van der Waals surface area contributed by atoms with E-state index in [2.05, 4.69) is 12.2 Å². The minimum Gasteiger partial charge on any atom is -0.352 e. The van der Waals surface area contributed by atoms with Gasteiger partial charge in [0.1, 0.15) is 5.82 Å². The normalized spacial score (nSPS) is 24.8. The molecule has 0 spiro atoms. The maximum atomic E-state index is 13.3. The Kier molecular flexibility index (Phi) is 6.96. The molecule has 1 saturated carbocycles. The number of sulfonamides is 1. The molecule has 0 aromatic heterocycles. The van der Waals surface area contributed by atoms with E-state index in [0.29, 0.717) is 19.0 Å². The first-order valence-corrected chi connectivity index (χ1v) is 11.6. The number of halogens is 2. The third kappa shape index (κ3) is 5.03. The molecule has 1 heterocycles. The molecular weight excluding hydrogens is 405 g/mol. The van der Waals surface area contributed by atoms with Crippen molar-refractivity contribution in [2.75, 3.05) is 32.7 Å². The summed E-state index contributed by atoms with van der Waals surface area (Å²) in [6, 6.07) is 3.66. The molecule has 9 heteroatoms. The van der Waals surface area contributed by atoms with Gasteiger partial charge in [0.2, 0.25) is 15.9 Å². The molecule has 28 heavy (non-hydrogen) atoms. The van der Waals surface area contributed by atoms with Crippen molar-refractivity contribution in [3.8, 4) is 0 Å². The van der Waals surface area contributed by atoms with E-state index in [9.17, 15) is 17.6 Å². The van der Waals surface area contributed by atoms with E-state index in [1.54, 1.807) is 0 Å². The van der Waals surface area contributed by atoms with Crippen LogP contribution in [0.25, 0.3) is 0 Å². The molecular formula is C19H27ClFN3O3S. The molecule has 1 amide bonds. The summed E-state index contributed by atoms with van der Waals surface area (Å²) in [6.45, 7) is 3.97. The van der Waals surface area contributed by atoms with Gasteiger partial charge in [0.05, 0.1) is 16.5 Å². The smallest absolute Gasteiger partial charge is 0.243 e. The van der Waals surface area contributed by atoms with E-state index in [0.717, 1.165) is 31.4 Å². The molecule has 1 aliphatic heterocycles. The van der Waals surface area contributed by atoms with Crippen molar-refractivity contribution in [3.05, 3.63) is 29.0 Å². The number of carbonyl (C=O) groups is 1. The summed E-state index contributed by atoms with van der Waals surface area (Å²) in [5, 5.41) is 2.92. The first-order chi connectivity index (χ1) is 13.3. The molecule has 1 saturated heterocycles. The number of nitrogens with one attached hydrogen (secondary N) is 1. The predicted octanol–water partition coefficient (Wildman–Crippen LogP) is 2.48. The Bertz CT molecular complexity index is 813. The zero-order valence-corrected chi connectivity index (χ0v) is 17.6. The minimum atomic E-state index is -3.73. The Morgan fingerprint density at radius 2 is 1.89 bits per heavy atom. The Balaban J connectivity index is 1.52. The second-order valence-electron chi connectivity index (χ2n) is 7.69. The van der Waals surface area contributed by atoms with Crippen LogP contribution in [0, 0.1) is 11.7 Å². The van der Waals surface area contributed by atoms with Crippen molar-refractivity contribution in [2.24, 2.45) is 5.92 Å². The Labute approximate surface area is 171 Å². The lowest BCUT2D eigenvalue weighted by molar-refractivity contribution is -0.123. The van der Waals surface area contributed by atoms with Gasteiger partial charge in [0.25, 0.3) is 0 Å². The zero-order valence-electron chi connectivity index (χ0n) is 16.0. The average Bonchev–Trinajstić information content (AvgIpc) is 2.66. The molecule has 0 radical (unpaired) electrons. The number of hydrogen-bond donors (Lipinski definition) is 1. The summed E-state index contributed by atoms with van der Waals surface area (Å²) in [4.78, 5) is 14.3. The van der Waals surface area contributed by atoms with Crippen molar-refractivity contribution in [1.29, 1.82) is 0 Å². The van der Waals surface area contributed by atoms with Crippen LogP contribution in [0.15, 0.2) is 23.1 Å². The fourth-order valence-corrected chi connectivity index (χ4v) is 5.59. The highest BCUT2D eigenvalue weighted by Gasteiger charge is 2.30. The van der Waals surface area contributed by atoms with E-state index >= 15 is 0 Å². The Hall–Kier alpha value is -1.22. The van der Waals surface area contributed by atoms with Crippen molar-refractivity contribution < 1.29 is 17.6 Å². The molecule has 2 fully saturated rings. The second kappa shape index (κ2) is 9.07. The maximum Gasteiger partial charge on any atom is 0.243 e. The van der Waals surface area contributed by atoms with Gasteiger partial charge < -0.3 is 5.32 Å².